The molecule has 0 unspecified atom stereocenters. The molecule has 0 spiro atoms. The summed E-state index contributed by atoms with van der Waals surface area (Å²) in [6.45, 7) is 5.27. The van der Waals surface area contributed by atoms with Gasteiger partial charge >= 0.3 is 5.97 Å². The Kier molecular flexibility index (Phi) is 7.22. The first-order valence-corrected chi connectivity index (χ1v) is 7.00. The number of thioether (sulfide) groups is 1. The molecule has 0 bridgehead atoms. The van der Waals surface area contributed by atoms with E-state index in [9.17, 15) is 4.79 Å². The summed E-state index contributed by atoms with van der Waals surface area (Å²) in [7, 11) is 1.40. The van der Waals surface area contributed by atoms with Crippen LogP contribution in [0.3, 0.4) is 0 Å². The third-order valence-electron chi connectivity index (χ3n) is 2.40. The van der Waals surface area contributed by atoms with Crippen LogP contribution in [-0.4, -0.2) is 31.1 Å². The second kappa shape index (κ2) is 8.78. The van der Waals surface area contributed by atoms with Gasteiger partial charge in [-0.1, -0.05) is 24.3 Å². The lowest BCUT2D eigenvalue weighted by Crippen LogP contribution is -2.19. The first-order chi connectivity index (χ1) is 8.79. The van der Waals surface area contributed by atoms with Crippen LogP contribution in [0.4, 0.5) is 0 Å². The van der Waals surface area contributed by atoms with Crippen molar-refractivity contribution >= 4 is 17.7 Å². The number of carbonyl (C=O) groups excluding carboxylic acids is 1. The number of hydrogen-bond acceptors (Lipinski definition) is 4. The number of ether oxygens (including phenoxy) is 1. The van der Waals surface area contributed by atoms with Gasteiger partial charge in [0.15, 0.2) is 0 Å². The highest BCUT2D eigenvalue weighted by molar-refractivity contribution is 7.99. The molecule has 0 radical (unpaired) electrons. The van der Waals surface area contributed by atoms with Crippen LogP contribution in [0.2, 0.25) is 0 Å². The first kappa shape index (κ1) is 14.8. The van der Waals surface area contributed by atoms with Crippen molar-refractivity contribution in [3.63, 3.8) is 0 Å². The molecule has 0 atom stereocenters. The lowest BCUT2D eigenvalue weighted by atomic mass is 10.1. The minimum atomic E-state index is -0.284. The van der Waals surface area contributed by atoms with Gasteiger partial charge in [-0.15, -0.1) is 6.58 Å². The van der Waals surface area contributed by atoms with Crippen LogP contribution in [0.15, 0.2) is 36.9 Å². The molecule has 0 amide bonds. The average molecular weight is 265 g/mol. The molecule has 0 aromatic heterocycles. The minimum absolute atomic E-state index is 0.284. The van der Waals surface area contributed by atoms with Crippen molar-refractivity contribution in [2.24, 2.45) is 0 Å². The Hall–Kier alpha value is -1.26. The Morgan fingerprint density at radius 2 is 2.28 bits per heavy atom. The molecule has 0 aliphatic heterocycles. The molecule has 1 aromatic carbocycles. The van der Waals surface area contributed by atoms with Crippen LogP contribution >= 0.6 is 11.8 Å². The molecule has 0 saturated carbocycles. The molecule has 1 rings (SSSR count). The molecule has 0 aliphatic carbocycles. The van der Waals surface area contributed by atoms with Gasteiger partial charge in [0.05, 0.1) is 12.7 Å². The third-order valence-corrected chi connectivity index (χ3v) is 3.36. The van der Waals surface area contributed by atoms with Gasteiger partial charge in [-0.3, -0.25) is 0 Å². The van der Waals surface area contributed by atoms with Crippen molar-refractivity contribution in [1.29, 1.82) is 0 Å². The monoisotopic (exact) mass is 265 g/mol. The van der Waals surface area contributed by atoms with Crippen LogP contribution in [0.1, 0.15) is 15.9 Å². The molecule has 18 heavy (non-hydrogen) atoms. The van der Waals surface area contributed by atoms with E-state index in [4.69, 9.17) is 4.74 Å². The van der Waals surface area contributed by atoms with Gasteiger partial charge in [0, 0.05) is 24.6 Å². The lowest BCUT2D eigenvalue weighted by Gasteiger charge is -2.08. The Labute approximate surface area is 113 Å². The highest BCUT2D eigenvalue weighted by atomic mass is 32.2. The summed E-state index contributed by atoms with van der Waals surface area (Å²) in [5.41, 5.74) is 1.60. The number of carbonyl (C=O) groups is 1. The van der Waals surface area contributed by atoms with Crippen molar-refractivity contribution in [3.05, 3.63) is 48.0 Å². The predicted octanol–water partition coefficient (Wildman–Crippen LogP) is 2.48. The van der Waals surface area contributed by atoms with E-state index >= 15 is 0 Å². The normalized spacial score (nSPS) is 10.1. The van der Waals surface area contributed by atoms with E-state index in [0.29, 0.717) is 12.1 Å². The van der Waals surface area contributed by atoms with E-state index < -0.39 is 0 Å². The summed E-state index contributed by atoms with van der Waals surface area (Å²) >= 11 is 1.83. The Balaban J connectivity index is 2.42. The maximum Gasteiger partial charge on any atom is 0.338 e. The number of hydrogen-bond donors (Lipinski definition) is 1. The zero-order valence-electron chi connectivity index (χ0n) is 10.6. The highest BCUT2D eigenvalue weighted by Gasteiger charge is 2.09. The third kappa shape index (κ3) is 4.94. The van der Waals surface area contributed by atoms with Gasteiger partial charge in [0.1, 0.15) is 0 Å². The van der Waals surface area contributed by atoms with Crippen molar-refractivity contribution in [3.8, 4) is 0 Å². The molecular weight excluding hydrogens is 246 g/mol. The molecule has 0 heterocycles. The summed E-state index contributed by atoms with van der Waals surface area (Å²) in [6.07, 6.45) is 1.90. The predicted molar refractivity (Wildman–Crippen MR) is 77.0 cm³/mol. The number of rotatable bonds is 8. The standard InChI is InChI=1S/C14H19NO2S/c1-3-9-18-10-8-15-11-12-6-4-5-7-13(12)14(16)17-2/h3-7,15H,1,8-11H2,2H3. The highest BCUT2D eigenvalue weighted by Crippen LogP contribution is 2.09. The topological polar surface area (TPSA) is 38.3 Å². The minimum Gasteiger partial charge on any atom is -0.465 e. The molecular formula is C14H19NO2S. The van der Waals surface area contributed by atoms with E-state index in [-0.39, 0.29) is 5.97 Å². The van der Waals surface area contributed by atoms with Crippen LogP contribution in [0, 0.1) is 0 Å². The molecule has 0 fully saturated rings. The fourth-order valence-corrected chi connectivity index (χ4v) is 2.14. The average Bonchev–Trinajstić information content (AvgIpc) is 2.42. The zero-order chi connectivity index (χ0) is 13.2. The first-order valence-electron chi connectivity index (χ1n) is 5.85. The lowest BCUT2D eigenvalue weighted by molar-refractivity contribution is 0.0599. The van der Waals surface area contributed by atoms with E-state index in [1.807, 2.05) is 36.0 Å². The Morgan fingerprint density at radius 1 is 1.50 bits per heavy atom. The quantitative estimate of drug-likeness (QED) is 0.445. The number of esters is 1. The van der Waals surface area contributed by atoms with Gasteiger partial charge in [-0.05, 0) is 11.6 Å². The summed E-state index contributed by atoms with van der Waals surface area (Å²) in [5, 5.41) is 3.32. The molecule has 3 nitrogen and oxygen atoms in total. The van der Waals surface area contributed by atoms with Gasteiger partial charge in [-0.2, -0.15) is 11.8 Å². The fourth-order valence-electron chi connectivity index (χ4n) is 1.52. The van der Waals surface area contributed by atoms with Gasteiger partial charge < -0.3 is 10.1 Å². The van der Waals surface area contributed by atoms with E-state index in [2.05, 4.69) is 11.9 Å². The van der Waals surface area contributed by atoms with Crippen molar-refractivity contribution < 1.29 is 9.53 Å². The maximum absolute atomic E-state index is 11.5. The zero-order valence-corrected chi connectivity index (χ0v) is 11.5. The van der Waals surface area contributed by atoms with E-state index in [1.165, 1.54) is 7.11 Å². The summed E-state index contributed by atoms with van der Waals surface area (Å²) in [6, 6.07) is 7.50. The molecule has 0 saturated heterocycles. The SMILES string of the molecule is C=CCSCCNCc1ccccc1C(=O)OC. The second-order valence-corrected chi connectivity index (χ2v) is 4.84. The van der Waals surface area contributed by atoms with Crippen LogP contribution < -0.4 is 5.32 Å². The van der Waals surface area contributed by atoms with Crippen LogP contribution in [0.5, 0.6) is 0 Å². The van der Waals surface area contributed by atoms with Crippen molar-refractivity contribution in [2.75, 3.05) is 25.2 Å². The fraction of sp³-hybridized carbons (Fsp3) is 0.357. The Bertz CT molecular complexity index is 393. The van der Waals surface area contributed by atoms with E-state index in [1.54, 1.807) is 6.07 Å². The molecule has 4 heteroatoms. The number of nitrogens with one attached hydrogen (secondary N) is 1. The second-order valence-electron chi connectivity index (χ2n) is 3.69. The maximum atomic E-state index is 11.5. The van der Waals surface area contributed by atoms with E-state index in [0.717, 1.165) is 23.6 Å². The summed E-state index contributed by atoms with van der Waals surface area (Å²) in [4.78, 5) is 11.5. The van der Waals surface area contributed by atoms with Crippen molar-refractivity contribution in [2.45, 2.75) is 6.54 Å². The van der Waals surface area contributed by atoms with Gasteiger partial charge in [-0.25, -0.2) is 4.79 Å². The molecule has 1 N–H and O–H groups in total. The smallest absolute Gasteiger partial charge is 0.338 e. The number of benzene rings is 1. The van der Waals surface area contributed by atoms with Crippen LogP contribution in [-0.2, 0) is 11.3 Å². The van der Waals surface area contributed by atoms with Gasteiger partial charge in [0.25, 0.3) is 0 Å². The largest absolute Gasteiger partial charge is 0.465 e. The molecule has 1 aromatic rings. The summed E-state index contributed by atoms with van der Waals surface area (Å²) in [5.74, 6) is 1.72. The van der Waals surface area contributed by atoms with Crippen molar-refractivity contribution in [1.82, 2.24) is 5.32 Å². The summed E-state index contributed by atoms with van der Waals surface area (Å²) < 4.78 is 4.75. The Morgan fingerprint density at radius 3 is 3.00 bits per heavy atom. The molecule has 0 aliphatic rings. The van der Waals surface area contributed by atoms with Gasteiger partial charge in [0.2, 0.25) is 0 Å². The van der Waals surface area contributed by atoms with Crippen LogP contribution in [0.25, 0.3) is 0 Å². The number of methoxy groups -OCH3 is 1. The molecule has 98 valence electrons.